The Labute approximate surface area is 122 Å². The number of hydrogen-bond donors (Lipinski definition) is 2. The zero-order valence-corrected chi connectivity index (χ0v) is 13.8. The lowest BCUT2D eigenvalue weighted by Gasteiger charge is -2.32. The third-order valence-corrected chi connectivity index (χ3v) is 4.61. The molecule has 0 aromatic heterocycles. The van der Waals surface area contributed by atoms with Crippen LogP contribution >= 0.6 is 24.2 Å². The van der Waals surface area contributed by atoms with E-state index in [9.17, 15) is 4.79 Å². The van der Waals surface area contributed by atoms with Gasteiger partial charge >= 0.3 is 0 Å². The Bertz CT molecular complexity index is 215. The van der Waals surface area contributed by atoms with E-state index in [4.69, 9.17) is 5.73 Å². The fraction of sp³-hybridized carbons (Fsp3) is 0.923. The Morgan fingerprint density at radius 2 is 1.89 bits per heavy atom. The molecule has 0 bridgehead atoms. The van der Waals surface area contributed by atoms with Crippen LogP contribution in [0.5, 0.6) is 0 Å². The number of thioether (sulfide) groups is 1. The minimum absolute atomic E-state index is 0. The highest BCUT2D eigenvalue weighted by atomic mass is 35.5. The van der Waals surface area contributed by atoms with Crippen LogP contribution < -0.4 is 11.1 Å². The monoisotopic (exact) mass is 296 g/mol. The molecule has 0 heterocycles. The Balaban J connectivity index is 0. The summed E-state index contributed by atoms with van der Waals surface area (Å²) in [5.41, 5.74) is 5.57. The molecule has 5 heteroatoms. The van der Waals surface area contributed by atoms with E-state index in [1.165, 1.54) is 12.8 Å². The number of hydrogen-bond acceptors (Lipinski definition) is 3. The molecule has 0 aliphatic heterocycles. The van der Waals surface area contributed by atoms with Crippen LogP contribution in [0.2, 0.25) is 0 Å². The van der Waals surface area contributed by atoms with Gasteiger partial charge in [-0.15, -0.1) is 24.2 Å². The second-order valence-electron chi connectivity index (χ2n) is 4.55. The van der Waals surface area contributed by atoms with Crippen molar-refractivity contribution in [2.45, 2.75) is 64.2 Å². The minimum Gasteiger partial charge on any atom is -0.348 e. The van der Waals surface area contributed by atoms with Gasteiger partial charge in [0.1, 0.15) is 0 Å². The highest BCUT2D eigenvalue weighted by Crippen LogP contribution is 2.17. The lowest BCUT2D eigenvalue weighted by molar-refractivity contribution is -0.122. The lowest BCUT2D eigenvalue weighted by Crippen LogP contribution is -2.54. The smallest absolute Gasteiger partial charge is 0.233 e. The first kappa shape index (κ1) is 20.4. The van der Waals surface area contributed by atoms with Gasteiger partial charge in [0.15, 0.2) is 0 Å². The average molecular weight is 297 g/mol. The number of rotatable bonds is 9. The van der Waals surface area contributed by atoms with Crippen LogP contribution in [0.25, 0.3) is 0 Å². The van der Waals surface area contributed by atoms with Crippen LogP contribution in [0.4, 0.5) is 0 Å². The topological polar surface area (TPSA) is 55.1 Å². The maximum absolute atomic E-state index is 12.0. The van der Waals surface area contributed by atoms with Crippen molar-refractivity contribution in [1.82, 2.24) is 5.32 Å². The quantitative estimate of drug-likeness (QED) is 0.643. The Morgan fingerprint density at radius 3 is 2.28 bits per heavy atom. The Morgan fingerprint density at radius 1 is 1.33 bits per heavy atom. The molecule has 0 fully saturated rings. The summed E-state index contributed by atoms with van der Waals surface area (Å²) in [5.74, 6) is 1.18. The summed E-state index contributed by atoms with van der Waals surface area (Å²) in [5, 5.41) is 3.14. The molecule has 0 aromatic rings. The summed E-state index contributed by atoms with van der Waals surface area (Å²) < 4.78 is 0. The zero-order chi connectivity index (χ0) is 13.3. The molecule has 0 aromatic carbocycles. The van der Waals surface area contributed by atoms with Crippen molar-refractivity contribution in [3.05, 3.63) is 0 Å². The first-order valence-corrected chi connectivity index (χ1v) is 7.73. The first-order chi connectivity index (χ1) is 8.05. The largest absolute Gasteiger partial charge is 0.348 e. The molecule has 1 unspecified atom stereocenters. The van der Waals surface area contributed by atoms with Crippen LogP contribution in [0, 0.1) is 0 Å². The van der Waals surface area contributed by atoms with Crippen molar-refractivity contribution in [3.8, 4) is 0 Å². The second-order valence-corrected chi connectivity index (χ2v) is 6.00. The highest BCUT2D eigenvalue weighted by Gasteiger charge is 2.28. The van der Waals surface area contributed by atoms with E-state index in [-0.39, 0.29) is 29.1 Å². The normalized spacial score (nSPS) is 12.7. The molecule has 0 saturated carbocycles. The molecular formula is C13H29ClN2OS. The van der Waals surface area contributed by atoms with Crippen LogP contribution in [0.1, 0.15) is 53.4 Å². The molecule has 0 rings (SSSR count). The number of carbonyl (C=O) groups is 1. The summed E-state index contributed by atoms with van der Waals surface area (Å²) >= 11 is 1.73. The van der Waals surface area contributed by atoms with Crippen molar-refractivity contribution < 1.29 is 4.79 Å². The van der Waals surface area contributed by atoms with Gasteiger partial charge in [-0.25, -0.2) is 0 Å². The average Bonchev–Trinajstić information content (AvgIpc) is 2.36. The molecule has 0 aliphatic carbocycles. The molecule has 18 heavy (non-hydrogen) atoms. The van der Waals surface area contributed by atoms with E-state index < -0.39 is 0 Å². The predicted octanol–water partition coefficient (Wildman–Crippen LogP) is 2.96. The molecule has 1 amide bonds. The van der Waals surface area contributed by atoms with Gasteiger partial charge in [-0.05, 0) is 31.9 Å². The Kier molecular flexibility index (Phi) is 12.4. The molecule has 1 atom stereocenters. The van der Waals surface area contributed by atoms with Crippen molar-refractivity contribution in [2.75, 3.05) is 12.3 Å². The van der Waals surface area contributed by atoms with Gasteiger partial charge in [0.05, 0.1) is 10.8 Å². The van der Waals surface area contributed by atoms with E-state index >= 15 is 0 Å². The lowest BCUT2D eigenvalue weighted by atomic mass is 9.93. The number of unbranched alkanes of at least 4 members (excludes halogenated alkanes) is 1. The number of halogens is 1. The van der Waals surface area contributed by atoms with Gasteiger partial charge in [-0.3, -0.25) is 4.79 Å². The maximum Gasteiger partial charge on any atom is 0.233 e. The number of amides is 1. The van der Waals surface area contributed by atoms with Crippen LogP contribution in [-0.4, -0.2) is 29.0 Å². The standard InChI is InChI=1S/C13H28N2OS.ClH/c1-5-8-9-17-11(4)12(16)15-13(6-2,7-3)10-14;/h11H,5-10,14H2,1-4H3,(H,15,16);1H. The Hall–Kier alpha value is 0.0700. The van der Waals surface area contributed by atoms with Crippen LogP contribution in [0.3, 0.4) is 0 Å². The van der Waals surface area contributed by atoms with Crippen molar-refractivity contribution in [3.63, 3.8) is 0 Å². The highest BCUT2D eigenvalue weighted by molar-refractivity contribution is 8.00. The maximum atomic E-state index is 12.0. The number of nitrogens with two attached hydrogens (primary N) is 1. The van der Waals surface area contributed by atoms with Gasteiger partial charge in [-0.2, -0.15) is 0 Å². The van der Waals surface area contributed by atoms with E-state index in [0.717, 1.165) is 18.6 Å². The summed E-state index contributed by atoms with van der Waals surface area (Å²) in [6.45, 7) is 8.80. The van der Waals surface area contributed by atoms with E-state index in [0.29, 0.717) is 6.54 Å². The molecule has 0 radical (unpaired) electrons. The van der Waals surface area contributed by atoms with E-state index in [1.54, 1.807) is 11.8 Å². The second kappa shape index (κ2) is 10.9. The molecule has 0 spiro atoms. The van der Waals surface area contributed by atoms with Gasteiger partial charge in [0, 0.05) is 6.54 Å². The van der Waals surface area contributed by atoms with Gasteiger partial charge < -0.3 is 11.1 Å². The van der Waals surface area contributed by atoms with E-state index in [1.807, 2.05) is 6.92 Å². The molecule has 110 valence electrons. The fourth-order valence-electron chi connectivity index (χ4n) is 1.61. The van der Waals surface area contributed by atoms with Gasteiger partial charge in [-0.1, -0.05) is 27.2 Å². The van der Waals surface area contributed by atoms with Crippen molar-refractivity contribution in [1.29, 1.82) is 0 Å². The SMILES string of the molecule is CCCCSC(C)C(=O)NC(CC)(CC)CN.Cl. The van der Waals surface area contributed by atoms with Crippen LogP contribution in [0.15, 0.2) is 0 Å². The summed E-state index contributed by atoms with van der Waals surface area (Å²) in [4.78, 5) is 12.0. The summed E-state index contributed by atoms with van der Waals surface area (Å²) in [7, 11) is 0. The van der Waals surface area contributed by atoms with Gasteiger partial charge in [0.25, 0.3) is 0 Å². The van der Waals surface area contributed by atoms with E-state index in [2.05, 4.69) is 26.1 Å². The molecule has 0 saturated heterocycles. The number of nitrogens with one attached hydrogen (secondary N) is 1. The minimum atomic E-state index is -0.212. The van der Waals surface area contributed by atoms with Crippen LogP contribution in [-0.2, 0) is 4.79 Å². The number of carbonyl (C=O) groups excluding carboxylic acids is 1. The third kappa shape index (κ3) is 6.86. The molecular weight excluding hydrogens is 268 g/mol. The summed E-state index contributed by atoms with van der Waals surface area (Å²) in [6, 6.07) is 0. The van der Waals surface area contributed by atoms with Gasteiger partial charge in [0.2, 0.25) is 5.91 Å². The van der Waals surface area contributed by atoms with Crippen molar-refractivity contribution in [2.24, 2.45) is 5.73 Å². The fourth-order valence-corrected chi connectivity index (χ4v) is 2.63. The first-order valence-electron chi connectivity index (χ1n) is 6.68. The molecule has 3 N–H and O–H groups in total. The molecule has 0 aliphatic rings. The predicted molar refractivity (Wildman–Crippen MR) is 84.6 cm³/mol. The zero-order valence-electron chi connectivity index (χ0n) is 12.1. The third-order valence-electron chi connectivity index (χ3n) is 3.37. The summed E-state index contributed by atoms with van der Waals surface area (Å²) in [6.07, 6.45) is 4.13. The molecule has 3 nitrogen and oxygen atoms in total. The van der Waals surface area contributed by atoms with Crippen molar-refractivity contribution >= 4 is 30.1 Å².